The van der Waals surface area contributed by atoms with E-state index >= 15 is 0 Å². The van der Waals surface area contributed by atoms with Gasteiger partial charge in [0.15, 0.2) is 0 Å². The summed E-state index contributed by atoms with van der Waals surface area (Å²) in [5, 5.41) is 0. The lowest BCUT2D eigenvalue weighted by Crippen LogP contribution is -2.36. The maximum absolute atomic E-state index is 11.4. The first-order valence-electron chi connectivity index (χ1n) is 3.91. The van der Waals surface area contributed by atoms with Crippen molar-refractivity contribution in [3.05, 3.63) is 0 Å². The van der Waals surface area contributed by atoms with Crippen molar-refractivity contribution in [1.29, 1.82) is 0 Å². The molecular formula is C7H13N3O2. The number of amides is 3. The zero-order chi connectivity index (χ0) is 9.30. The molecule has 0 aromatic rings. The molecule has 1 aliphatic heterocycles. The molecule has 12 heavy (non-hydrogen) atoms. The molecule has 1 fully saturated rings. The fraction of sp³-hybridized carbons (Fsp3) is 0.714. The highest BCUT2D eigenvalue weighted by atomic mass is 16.2. The van der Waals surface area contributed by atoms with Gasteiger partial charge in [0.2, 0.25) is 0 Å². The van der Waals surface area contributed by atoms with Crippen LogP contribution in [-0.4, -0.2) is 41.5 Å². The second-order valence-corrected chi connectivity index (χ2v) is 2.77. The number of hydrogen-bond donors (Lipinski definition) is 1. The second-order valence-electron chi connectivity index (χ2n) is 2.77. The summed E-state index contributed by atoms with van der Waals surface area (Å²) in [4.78, 5) is 25.1. The normalized spacial score (nSPS) is 24.1. The summed E-state index contributed by atoms with van der Waals surface area (Å²) in [5.74, 6) is -0.187. The molecule has 0 saturated carbocycles. The maximum Gasteiger partial charge on any atom is 0.328 e. The quantitative estimate of drug-likeness (QED) is 0.573. The third-order valence-electron chi connectivity index (χ3n) is 2.12. The summed E-state index contributed by atoms with van der Waals surface area (Å²) in [6.07, 6.45) is 0.636. The monoisotopic (exact) mass is 171 g/mol. The minimum Gasteiger partial charge on any atom is -0.315 e. The summed E-state index contributed by atoms with van der Waals surface area (Å²) in [7, 11) is 1.62. The lowest BCUT2D eigenvalue weighted by molar-refractivity contribution is -0.128. The van der Waals surface area contributed by atoms with Gasteiger partial charge in [-0.2, -0.15) is 0 Å². The largest absolute Gasteiger partial charge is 0.328 e. The Morgan fingerprint density at radius 3 is 2.33 bits per heavy atom. The average Bonchev–Trinajstić information content (AvgIpc) is 2.25. The van der Waals surface area contributed by atoms with Crippen molar-refractivity contribution in [1.82, 2.24) is 9.80 Å². The Bertz CT molecular complexity index is 217. The minimum absolute atomic E-state index is 0.0293. The summed E-state index contributed by atoms with van der Waals surface area (Å²) in [6.45, 7) is 1.84. The van der Waals surface area contributed by atoms with Gasteiger partial charge in [-0.1, -0.05) is 6.92 Å². The number of likely N-dealkylation sites (N-methyl/N-ethyl adjacent to an activating group) is 1. The molecule has 0 aromatic heterocycles. The second kappa shape index (κ2) is 3.10. The molecule has 0 aliphatic carbocycles. The van der Waals surface area contributed by atoms with Crippen LogP contribution in [0, 0.1) is 0 Å². The summed E-state index contributed by atoms with van der Waals surface area (Å²) in [6, 6.07) is -0.615. The summed E-state index contributed by atoms with van der Waals surface area (Å²) >= 11 is 0. The van der Waals surface area contributed by atoms with Crippen LogP contribution in [0.25, 0.3) is 0 Å². The lowest BCUT2D eigenvalue weighted by atomic mass is 10.2. The third-order valence-corrected chi connectivity index (χ3v) is 2.12. The standard InChI is InChI=1S/C7H13N3O2/c1-3-5-6(11)10(4-8)7(12)9(5)2/h5H,3-4,8H2,1-2H3. The van der Waals surface area contributed by atoms with Crippen LogP contribution in [0.5, 0.6) is 0 Å². The van der Waals surface area contributed by atoms with E-state index in [0.717, 1.165) is 4.90 Å². The highest BCUT2D eigenvalue weighted by Crippen LogP contribution is 2.16. The van der Waals surface area contributed by atoms with E-state index in [1.54, 1.807) is 7.05 Å². The van der Waals surface area contributed by atoms with E-state index in [-0.39, 0.29) is 24.6 Å². The molecule has 3 amide bonds. The molecule has 1 heterocycles. The molecule has 1 unspecified atom stereocenters. The third kappa shape index (κ3) is 1.06. The number of nitrogens with zero attached hydrogens (tertiary/aromatic N) is 2. The minimum atomic E-state index is -0.318. The number of carbonyl (C=O) groups is 2. The molecule has 1 rings (SSSR count). The van der Waals surface area contributed by atoms with E-state index < -0.39 is 0 Å². The van der Waals surface area contributed by atoms with Crippen LogP contribution < -0.4 is 5.73 Å². The van der Waals surface area contributed by atoms with Crippen LogP contribution in [0.1, 0.15) is 13.3 Å². The van der Waals surface area contributed by atoms with Crippen molar-refractivity contribution < 1.29 is 9.59 Å². The Morgan fingerprint density at radius 1 is 1.50 bits per heavy atom. The number of hydrogen-bond acceptors (Lipinski definition) is 3. The van der Waals surface area contributed by atoms with Gasteiger partial charge >= 0.3 is 6.03 Å². The Kier molecular flexibility index (Phi) is 2.32. The number of imide groups is 1. The van der Waals surface area contributed by atoms with Crippen LogP contribution in [0.2, 0.25) is 0 Å². The number of rotatable bonds is 2. The van der Waals surface area contributed by atoms with Crippen molar-refractivity contribution in [2.24, 2.45) is 5.73 Å². The van der Waals surface area contributed by atoms with Crippen LogP contribution in [-0.2, 0) is 4.79 Å². The summed E-state index contributed by atoms with van der Waals surface area (Å²) < 4.78 is 0. The van der Waals surface area contributed by atoms with Gasteiger partial charge in [0.05, 0.1) is 6.67 Å². The van der Waals surface area contributed by atoms with Gasteiger partial charge < -0.3 is 10.6 Å². The molecule has 0 spiro atoms. The topological polar surface area (TPSA) is 66.6 Å². The van der Waals surface area contributed by atoms with Gasteiger partial charge in [-0.25, -0.2) is 9.69 Å². The number of carbonyl (C=O) groups excluding carboxylic acids is 2. The zero-order valence-electron chi connectivity index (χ0n) is 7.28. The predicted octanol–water partition coefficient (Wildman–Crippen LogP) is -0.425. The van der Waals surface area contributed by atoms with Gasteiger partial charge in [0.25, 0.3) is 5.91 Å². The van der Waals surface area contributed by atoms with Crippen molar-refractivity contribution in [3.8, 4) is 0 Å². The molecule has 1 saturated heterocycles. The fourth-order valence-corrected chi connectivity index (χ4v) is 1.38. The van der Waals surface area contributed by atoms with Crippen LogP contribution in [0.4, 0.5) is 4.79 Å². The highest BCUT2D eigenvalue weighted by molar-refractivity contribution is 6.03. The molecule has 68 valence electrons. The van der Waals surface area contributed by atoms with Crippen LogP contribution >= 0.6 is 0 Å². The van der Waals surface area contributed by atoms with Crippen molar-refractivity contribution in [2.75, 3.05) is 13.7 Å². The Labute approximate surface area is 71.1 Å². The van der Waals surface area contributed by atoms with Gasteiger partial charge in [-0.05, 0) is 6.42 Å². The molecular weight excluding hydrogens is 158 g/mol. The Morgan fingerprint density at radius 2 is 2.08 bits per heavy atom. The van der Waals surface area contributed by atoms with Crippen molar-refractivity contribution in [3.63, 3.8) is 0 Å². The van der Waals surface area contributed by atoms with E-state index in [9.17, 15) is 9.59 Å². The smallest absolute Gasteiger partial charge is 0.315 e. The zero-order valence-corrected chi connectivity index (χ0v) is 7.28. The molecule has 1 aliphatic rings. The SMILES string of the molecule is CCC1C(=O)N(CN)C(=O)N1C. The average molecular weight is 171 g/mol. The van der Waals surface area contributed by atoms with E-state index in [1.165, 1.54) is 4.90 Å². The molecule has 2 N–H and O–H groups in total. The van der Waals surface area contributed by atoms with Crippen LogP contribution in [0.15, 0.2) is 0 Å². The van der Waals surface area contributed by atoms with Gasteiger partial charge in [0.1, 0.15) is 6.04 Å². The molecule has 1 atom stereocenters. The summed E-state index contributed by atoms with van der Waals surface area (Å²) in [5.41, 5.74) is 5.25. The molecule has 5 nitrogen and oxygen atoms in total. The lowest BCUT2D eigenvalue weighted by Gasteiger charge is -2.12. The van der Waals surface area contributed by atoms with Crippen molar-refractivity contribution in [2.45, 2.75) is 19.4 Å². The number of nitrogens with two attached hydrogens (primary N) is 1. The Balaban J connectivity index is 2.85. The first-order chi connectivity index (χ1) is 5.63. The molecule has 0 aromatic carbocycles. The van der Waals surface area contributed by atoms with E-state index in [4.69, 9.17) is 5.73 Å². The predicted molar refractivity (Wildman–Crippen MR) is 43.1 cm³/mol. The first-order valence-corrected chi connectivity index (χ1v) is 3.91. The maximum atomic E-state index is 11.4. The van der Waals surface area contributed by atoms with E-state index in [1.807, 2.05) is 6.92 Å². The van der Waals surface area contributed by atoms with Gasteiger partial charge in [-0.15, -0.1) is 0 Å². The van der Waals surface area contributed by atoms with E-state index in [2.05, 4.69) is 0 Å². The molecule has 5 heteroatoms. The van der Waals surface area contributed by atoms with Crippen LogP contribution in [0.3, 0.4) is 0 Å². The first kappa shape index (κ1) is 8.99. The molecule has 0 radical (unpaired) electrons. The van der Waals surface area contributed by atoms with Gasteiger partial charge in [0, 0.05) is 7.05 Å². The highest BCUT2D eigenvalue weighted by Gasteiger charge is 2.40. The van der Waals surface area contributed by atoms with Gasteiger partial charge in [-0.3, -0.25) is 4.79 Å². The number of urea groups is 1. The molecule has 0 bridgehead atoms. The van der Waals surface area contributed by atoms with Crippen molar-refractivity contribution >= 4 is 11.9 Å². The Hall–Kier alpha value is -1.10. The fourth-order valence-electron chi connectivity index (χ4n) is 1.38. The van der Waals surface area contributed by atoms with E-state index in [0.29, 0.717) is 6.42 Å².